The van der Waals surface area contributed by atoms with Gasteiger partial charge >= 0.3 is 0 Å². The first kappa shape index (κ1) is 13.0. The minimum absolute atomic E-state index is 0.476. The molecule has 3 aromatic rings. The topological polar surface area (TPSA) is 42.2 Å². The van der Waals surface area contributed by atoms with E-state index in [1.165, 1.54) is 0 Å². The highest BCUT2D eigenvalue weighted by Crippen LogP contribution is 2.30. The first-order valence-corrected chi connectivity index (χ1v) is 6.55. The maximum absolute atomic E-state index is 9.16. The molecule has 0 bridgehead atoms. The summed E-state index contributed by atoms with van der Waals surface area (Å²) in [6.45, 7) is 0. The Morgan fingerprint density at radius 2 is 1.62 bits per heavy atom. The molecule has 0 aliphatic rings. The third-order valence-corrected chi connectivity index (χ3v) is 3.26. The zero-order valence-corrected chi connectivity index (χ0v) is 11.5. The summed E-state index contributed by atoms with van der Waals surface area (Å²) < 4.78 is 11.0. The molecule has 0 unspecified atom stereocenters. The third-order valence-electron chi connectivity index (χ3n) is 3.26. The molecule has 102 valence electrons. The lowest BCUT2D eigenvalue weighted by Gasteiger charge is -2.10. The molecule has 0 fully saturated rings. The Bertz CT molecular complexity index is 834. The fraction of sp³-hybridized carbons (Fsp3) is 0.0556. The van der Waals surface area contributed by atoms with E-state index >= 15 is 0 Å². The molecular weight excluding hydrogens is 262 g/mol. The van der Waals surface area contributed by atoms with Gasteiger partial charge in [0.2, 0.25) is 0 Å². The number of hydrogen-bond donors (Lipinski definition) is 0. The molecule has 0 saturated heterocycles. The molecule has 0 N–H and O–H groups in total. The molecule has 3 nitrogen and oxygen atoms in total. The summed E-state index contributed by atoms with van der Waals surface area (Å²) in [6, 6.07) is 21.2. The van der Waals surface area contributed by atoms with E-state index in [1.54, 1.807) is 25.3 Å². The van der Waals surface area contributed by atoms with Crippen LogP contribution in [0, 0.1) is 11.3 Å². The van der Waals surface area contributed by atoms with Crippen LogP contribution in [0.5, 0.6) is 17.2 Å². The molecule has 0 atom stereocenters. The number of nitriles is 1. The summed E-state index contributed by atoms with van der Waals surface area (Å²) in [5, 5.41) is 11.4. The summed E-state index contributed by atoms with van der Waals surface area (Å²) >= 11 is 0. The predicted octanol–water partition coefficient (Wildman–Crippen LogP) is 4.51. The smallest absolute Gasteiger partial charge is 0.148 e. The molecule has 0 aliphatic heterocycles. The van der Waals surface area contributed by atoms with Gasteiger partial charge in [0.1, 0.15) is 23.3 Å². The SMILES string of the molecule is COc1ccc(C#N)c(Oc2ccc3ccccc3c2)c1. The van der Waals surface area contributed by atoms with Crippen molar-refractivity contribution in [2.75, 3.05) is 7.11 Å². The average molecular weight is 275 g/mol. The van der Waals surface area contributed by atoms with Gasteiger partial charge in [0.15, 0.2) is 0 Å². The van der Waals surface area contributed by atoms with Gasteiger partial charge in [-0.2, -0.15) is 5.26 Å². The number of ether oxygens (including phenoxy) is 2. The first-order chi connectivity index (χ1) is 10.3. The van der Waals surface area contributed by atoms with Crippen LogP contribution in [0.3, 0.4) is 0 Å². The lowest BCUT2D eigenvalue weighted by molar-refractivity contribution is 0.409. The van der Waals surface area contributed by atoms with Crippen LogP contribution in [-0.4, -0.2) is 7.11 Å². The average Bonchev–Trinajstić information content (AvgIpc) is 2.54. The molecule has 21 heavy (non-hydrogen) atoms. The molecule has 3 rings (SSSR count). The Balaban J connectivity index is 2.00. The van der Waals surface area contributed by atoms with E-state index in [-0.39, 0.29) is 0 Å². The van der Waals surface area contributed by atoms with Crippen molar-refractivity contribution < 1.29 is 9.47 Å². The third kappa shape index (κ3) is 2.65. The summed E-state index contributed by atoms with van der Waals surface area (Å²) in [4.78, 5) is 0. The fourth-order valence-electron chi connectivity index (χ4n) is 2.16. The van der Waals surface area contributed by atoms with Gasteiger partial charge in [-0.05, 0) is 35.0 Å². The summed E-state index contributed by atoms with van der Waals surface area (Å²) in [6.07, 6.45) is 0. The zero-order chi connectivity index (χ0) is 14.7. The van der Waals surface area contributed by atoms with E-state index in [0.29, 0.717) is 22.8 Å². The van der Waals surface area contributed by atoms with Gasteiger partial charge in [-0.25, -0.2) is 0 Å². The van der Waals surface area contributed by atoms with E-state index in [0.717, 1.165) is 10.8 Å². The van der Waals surface area contributed by atoms with Crippen LogP contribution >= 0.6 is 0 Å². The molecule has 0 aliphatic carbocycles. The molecule has 0 saturated carbocycles. The zero-order valence-electron chi connectivity index (χ0n) is 11.5. The molecule has 0 spiro atoms. The Kier molecular flexibility index (Phi) is 3.44. The Morgan fingerprint density at radius 3 is 2.38 bits per heavy atom. The van der Waals surface area contributed by atoms with Crippen molar-refractivity contribution in [2.45, 2.75) is 0 Å². The normalized spacial score (nSPS) is 10.1. The van der Waals surface area contributed by atoms with Crippen LogP contribution in [0.1, 0.15) is 5.56 Å². The van der Waals surface area contributed by atoms with Gasteiger partial charge in [-0.1, -0.05) is 30.3 Å². The number of fused-ring (bicyclic) bond motifs is 1. The molecule has 0 aromatic heterocycles. The monoisotopic (exact) mass is 275 g/mol. The second kappa shape index (κ2) is 5.56. The maximum atomic E-state index is 9.16. The number of methoxy groups -OCH3 is 1. The maximum Gasteiger partial charge on any atom is 0.148 e. The minimum Gasteiger partial charge on any atom is -0.497 e. The van der Waals surface area contributed by atoms with Crippen molar-refractivity contribution in [3.8, 4) is 23.3 Å². The van der Waals surface area contributed by atoms with Crippen molar-refractivity contribution in [1.82, 2.24) is 0 Å². The van der Waals surface area contributed by atoms with Gasteiger partial charge in [-0.15, -0.1) is 0 Å². The summed E-state index contributed by atoms with van der Waals surface area (Å²) in [5.41, 5.74) is 0.476. The van der Waals surface area contributed by atoms with E-state index in [2.05, 4.69) is 6.07 Å². The predicted molar refractivity (Wildman–Crippen MR) is 81.7 cm³/mol. The van der Waals surface area contributed by atoms with Gasteiger partial charge in [0, 0.05) is 6.07 Å². The molecule has 3 aromatic carbocycles. The quantitative estimate of drug-likeness (QED) is 0.706. The number of rotatable bonds is 3. The Morgan fingerprint density at radius 1 is 0.857 bits per heavy atom. The molecule has 3 heteroatoms. The van der Waals surface area contributed by atoms with Gasteiger partial charge < -0.3 is 9.47 Å². The second-order valence-corrected chi connectivity index (χ2v) is 4.58. The van der Waals surface area contributed by atoms with Crippen molar-refractivity contribution in [3.63, 3.8) is 0 Å². The number of benzene rings is 3. The first-order valence-electron chi connectivity index (χ1n) is 6.55. The van der Waals surface area contributed by atoms with Gasteiger partial charge in [0.05, 0.1) is 12.7 Å². The number of hydrogen-bond acceptors (Lipinski definition) is 3. The van der Waals surface area contributed by atoms with Gasteiger partial charge in [-0.3, -0.25) is 0 Å². The molecule has 0 radical (unpaired) electrons. The number of nitrogens with zero attached hydrogens (tertiary/aromatic N) is 1. The molecule has 0 amide bonds. The Labute approximate surface area is 123 Å². The standard InChI is InChI=1S/C18H13NO2/c1-20-16-8-7-15(12-19)18(11-16)21-17-9-6-13-4-2-3-5-14(13)10-17/h2-11H,1H3. The Hall–Kier alpha value is -2.99. The highest BCUT2D eigenvalue weighted by atomic mass is 16.5. The van der Waals surface area contributed by atoms with Crippen LogP contribution in [-0.2, 0) is 0 Å². The lowest BCUT2D eigenvalue weighted by Crippen LogP contribution is -1.90. The van der Waals surface area contributed by atoms with E-state index in [9.17, 15) is 0 Å². The van der Waals surface area contributed by atoms with Crippen molar-refractivity contribution in [2.24, 2.45) is 0 Å². The van der Waals surface area contributed by atoms with Crippen LogP contribution in [0.2, 0.25) is 0 Å². The fourth-order valence-corrected chi connectivity index (χ4v) is 2.16. The van der Waals surface area contributed by atoms with Crippen molar-refractivity contribution in [3.05, 3.63) is 66.2 Å². The van der Waals surface area contributed by atoms with Crippen LogP contribution < -0.4 is 9.47 Å². The van der Waals surface area contributed by atoms with Crippen molar-refractivity contribution >= 4 is 10.8 Å². The summed E-state index contributed by atoms with van der Waals surface area (Å²) in [7, 11) is 1.58. The van der Waals surface area contributed by atoms with E-state index in [4.69, 9.17) is 14.7 Å². The van der Waals surface area contributed by atoms with Gasteiger partial charge in [0.25, 0.3) is 0 Å². The summed E-state index contributed by atoms with van der Waals surface area (Å²) in [5.74, 6) is 1.84. The van der Waals surface area contributed by atoms with Crippen LogP contribution in [0.25, 0.3) is 10.8 Å². The van der Waals surface area contributed by atoms with Crippen LogP contribution in [0.15, 0.2) is 60.7 Å². The molecular formula is C18H13NO2. The molecule has 0 heterocycles. The lowest BCUT2D eigenvalue weighted by atomic mass is 10.1. The highest BCUT2D eigenvalue weighted by molar-refractivity contribution is 5.83. The minimum atomic E-state index is 0.476. The second-order valence-electron chi connectivity index (χ2n) is 4.58. The largest absolute Gasteiger partial charge is 0.497 e. The van der Waals surface area contributed by atoms with E-state index < -0.39 is 0 Å². The van der Waals surface area contributed by atoms with E-state index in [1.807, 2.05) is 42.5 Å². The van der Waals surface area contributed by atoms with Crippen molar-refractivity contribution in [1.29, 1.82) is 5.26 Å². The van der Waals surface area contributed by atoms with Crippen LogP contribution in [0.4, 0.5) is 0 Å². The highest BCUT2D eigenvalue weighted by Gasteiger charge is 2.07.